The number of nitrogens with one attached hydrogen (secondary N) is 1. The third-order valence-electron chi connectivity index (χ3n) is 4.95. The fourth-order valence-electron chi connectivity index (χ4n) is 3.25. The number of methoxy groups -OCH3 is 3. The van der Waals surface area contributed by atoms with Gasteiger partial charge in [-0.2, -0.15) is 0 Å². The molecule has 0 heterocycles. The molecule has 3 aromatic rings. The standard InChI is InChI=1S/C25H28N2O3S/c1-28-22-12-10-21(11-13-22)27(18-20-7-5-4-6-8-20)25(31)26-16-15-19-9-14-23(29-2)24(17-19)30-3/h4-14,17H,15-16,18H2,1-3H3,(H,26,31). The number of hydrogen-bond donors (Lipinski definition) is 1. The van der Waals surface area contributed by atoms with E-state index in [-0.39, 0.29) is 0 Å². The van der Waals surface area contributed by atoms with Crippen molar-refractivity contribution in [3.8, 4) is 17.2 Å². The SMILES string of the molecule is COc1ccc(N(Cc2ccccc2)C(=S)NCCc2ccc(OC)c(OC)c2)cc1. The zero-order valence-corrected chi connectivity index (χ0v) is 18.9. The Labute approximate surface area is 189 Å². The molecule has 0 bridgehead atoms. The summed E-state index contributed by atoms with van der Waals surface area (Å²) in [7, 11) is 4.94. The molecular formula is C25H28N2O3S. The molecule has 0 radical (unpaired) electrons. The maximum absolute atomic E-state index is 5.76. The number of hydrogen-bond acceptors (Lipinski definition) is 4. The molecule has 1 N–H and O–H groups in total. The first-order valence-electron chi connectivity index (χ1n) is 10.1. The molecule has 162 valence electrons. The van der Waals surface area contributed by atoms with Gasteiger partial charge in [0.2, 0.25) is 0 Å². The van der Waals surface area contributed by atoms with Gasteiger partial charge in [0.1, 0.15) is 5.75 Å². The average molecular weight is 437 g/mol. The van der Waals surface area contributed by atoms with E-state index in [2.05, 4.69) is 22.3 Å². The Balaban J connectivity index is 1.69. The van der Waals surface area contributed by atoms with Crippen molar-refractivity contribution in [2.45, 2.75) is 13.0 Å². The third-order valence-corrected chi connectivity index (χ3v) is 5.32. The van der Waals surface area contributed by atoms with E-state index in [1.807, 2.05) is 60.7 Å². The number of nitrogens with zero attached hydrogens (tertiary/aromatic N) is 1. The van der Waals surface area contributed by atoms with Gasteiger partial charge in [0.05, 0.1) is 27.9 Å². The molecule has 0 unspecified atom stereocenters. The van der Waals surface area contributed by atoms with Crippen molar-refractivity contribution in [3.05, 3.63) is 83.9 Å². The van der Waals surface area contributed by atoms with E-state index in [1.54, 1.807) is 21.3 Å². The molecule has 0 aromatic heterocycles. The number of benzene rings is 3. The van der Waals surface area contributed by atoms with E-state index >= 15 is 0 Å². The van der Waals surface area contributed by atoms with Crippen LogP contribution in [0.2, 0.25) is 0 Å². The topological polar surface area (TPSA) is 43.0 Å². The number of anilines is 1. The van der Waals surface area contributed by atoms with Gasteiger partial charge in [0.15, 0.2) is 16.6 Å². The van der Waals surface area contributed by atoms with Crippen LogP contribution in [0.5, 0.6) is 17.2 Å². The maximum Gasteiger partial charge on any atom is 0.173 e. The van der Waals surface area contributed by atoms with Gasteiger partial charge in [0.25, 0.3) is 0 Å². The minimum Gasteiger partial charge on any atom is -0.497 e. The maximum atomic E-state index is 5.76. The molecule has 0 aliphatic heterocycles. The minimum absolute atomic E-state index is 0.675. The van der Waals surface area contributed by atoms with Gasteiger partial charge in [0, 0.05) is 12.2 Å². The van der Waals surface area contributed by atoms with Crippen molar-refractivity contribution in [1.29, 1.82) is 0 Å². The Bertz CT molecular complexity index is 978. The molecule has 0 aliphatic rings. The van der Waals surface area contributed by atoms with Crippen molar-refractivity contribution in [1.82, 2.24) is 5.32 Å². The largest absolute Gasteiger partial charge is 0.497 e. The van der Waals surface area contributed by atoms with Crippen LogP contribution < -0.4 is 24.4 Å². The third kappa shape index (κ3) is 6.12. The second-order valence-electron chi connectivity index (χ2n) is 6.94. The highest BCUT2D eigenvalue weighted by Crippen LogP contribution is 2.27. The summed E-state index contributed by atoms with van der Waals surface area (Å²) in [6, 6.07) is 24.2. The molecule has 0 atom stereocenters. The predicted octanol–water partition coefficient (Wildman–Crippen LogP) is 4.84. The average Bonchev–Trinajstić information content (AvgIpc) is 2.83. The summed E-state index contributed by atoms with van der Waals surface area (Å²) < 4.78 is 16.0. The molecule has 0 amide bonds. The van der Waals surface area contributed by atoms with Crippen molar-refractivity contribution in [2.75, 3.05) is 32.8 Å². The van der Waals surface area contributed by atoms with Gasteiger partial charge in [-0.15, -0.1) is 0 Å². The summed E-state index contributed by atoms with van der Waals surface area (Å²) in [6.45, 7) is 1.38. The Morgan fingerprint density at radius 3 is 2.16 bits per heavy atom. The first-order chi connectivity index (χ1) is 15.1. The highest BCUT2D eigenvalue weighted by atomic mass is 32.1. The van der Waals surface area contributed by atoms with Crippen molar-refractivity contribution in [2.24, 2.45) is 0 Å². The summed E-state index contributed by atoms with van der Waals surface area (Å²) in [5.74, 6) is 2.27. The van der Waals surface area contributed by atoms with Crippen molar-refractivity contribution < 1.29 is 14.2 Å². The van der Waals surface area contributed by atoms with Crippen LogP contribution in [0.1, 0.15) is 11.1 Å². The summed E-state index contributed by atoms with van der Waals surface area (Å²) in [5, 5.41) is 4.07. The number of ether oxygens (including phenoxy) is 3. The van der Waals surface area contributed by atoms with Gasteiger partial charge < -0.3 is 24.4 Å². The van der Waals surface area contributed by atoms with Crippen molar-refractivity contribution in [3.63, 3.8) is 0 Å². The second kappa shape index (κ2) is 11.2. The first kappa shape index (κ1) is 22.4. The molecule has 31 heavy (non-hydrogen) atoms. The quantitative estimate of drug-likeness (QED) is 0.485. The Morgan fingerprint density at radius 1 is 0.806 bits per heavy atom. The summed E-state index contributed by atoms with van der Waals surface area (Å²) in [6.07, 6.45) is 0.808. The van der Waals surface area contributed by atoms with Gasteiger partial charge in [-0.1, -0.05) is 36.4 Å². The number of thiocarbonyl (C=S) groups is 1. The first-order valence-corrected chi connectivity index (χ1v) is 10.5. The van der Waals surface area contributed by atoms with E-state index in [1.165, 1.54) is 5.56 Å². The van der Waals surface area contributed by atoms with Crippen molar-refractivity contribution >= 4 is 23.0 Å². The molecule has 5 nitrogen and oxygen atoms in total. The lowest BCUT2D eigenvalue weighted by Crippen LogP contribution is -2.40. The highest BCUT2D eigenvalue weighted by Gasteiger charge is 2.13. The molecule has 3 aromatic carbocycles. The van der Waals surface area contributed by atoms with E-state index in [0.717, 1.165) is 34.9 Å². The van der Waals surface area contributed by atoms with Gasteiger partial charge in [-0.05, 0) is 66.2 Å². The molecule has 0 fully saturated rings. The Hall–Kier alpha value is -3.25. The normalized spacial score (nSPS) is 10.3. The molecule has 0 saturated heterocycles. The van der Waals surface area contributed by atoms with Crippen LogP contribution in [0, 0.1) is 0 Å². The smallest absolute Gasteiger partial charge is 0.173 e. The van der Waals surface area contributed by atoms with E-state index < -0.39 is 0 Å². The van der Waals surface area contributed by atoms with Crippen LogP contribution >= 0.6 is 12.2 Å². The van der Waals surface area contributed by atoms with E-state index in [4.69, 9.17) is 26.4 Å². The Morgan fingerprint density at radius 2 is 1.52 bits per heavy atom. The van der Waals surface area contributed by atoms with Crippen LogP contribution in [0.25, 0.3) is 0 Å². The highest BCUT2D eigenvalue weighted by molar-refractivity contribution is 7.80. The molecule has 0 saturated carbocycles. The minimum atomic E-state index is 0.675. The summed E-state index contributed by atoms with van der Waals surface area (Å²) in [5.41, 5.74) is 3.34. The fraction of sp³-hybridized carbons (Fsp3) is 0.240. The molecule has 6 heteroatoms. The summed E-state index contributed by atoms with van der Waals surface area (Å²) in [4.78, 5) is 2.10. The van der Waals surface area contributed by atoms with Crippen LogP contribution in [0.15, 0.2) is 72.8 Å². The predicted molar refractivity (Wildman–Crippen MR) is 129 cm³/mol. The molecule has 0 spiro atoms. The number of rotatable bonds is 9. The van der Waals surface area contributed by atoms with Gasteiger partial charge in [-0.3, -0.25) is 0 Å². The molecule has 3 rings (SSSR count). The lowest BCUT2D eigenvalue weighted by molar-refractivity contribution is 0.354. The van der Waals surface area contributed by atoms with Crippen LogP contribution in [-0.2, 0) is 13.0 Å². The van der Waals surface area contributed by atoms with E-state index in [0.29, 0.717) is 18.2 Å². The van der Waals surface area contributed by atoms with Crippen LogP contribution in [-0.4, -0.2) is 33.0 Å². The monoisotopic (exact) mass is 436 g/mol. The lowest BCUT2D eigenvalue weighted by atomic mass is 10.1. The van der Waals surface area contributed by atoms with Gasteiger partial charge in [-0.25, -0.2) is 0 Å². The zero-order chi connectivity index (χ0) is 22.1. The zero-order valence-electron chi connectivity index (χ0n) is 18.1. The van der Waals surface area contributed by atoms with Crippen LogP contribution in [0.4, 0.5) is 5.69 Å². The summed E-state index contributed by atoms with van der Waals surface area (Å²) >= 11 is 5.76. The van der Waals surface area contributed by atoms with Crippen LogP contribution in [0.3, 0.4) is 0 Å². The fourth-order valence-corrected chi connectivity index (χ4v) is 3.53. The lowest BCUT2D eigenvalue weighted by Gasteiger charge is -2.26. The van der Waals surface area contributed by atoms with E-state index in [9.17, 15) is 0 Å². The molecular weight excluding hydrogens is 408 g/mol. The Kier molecular flexibility index (Phi) is 8.12. The molecule has 0 aliphatic carbocycles. The van der Waals surface area contributed by atoms with Gasteiger partial charge >= 0.3 is 0 Å². The second-order valence-corrected chi connectivity index (χ2v) is 7.33.